The Hall–Kier alpha value is -0.770. The standard InChI is InChI=1S/C17H22Cl2N2O/c18-14-5-6-16(15(19)9-14)20-17(22)11-21-8-7-12-3-1-2-4-13(12)10-21/h5-6,9,12-13H,1-4,7-8,10-11H2,(H,20,22)/t12-,13+/m0/s1. The third kappa shape index (κ3) is 3.95. The molecule has 1 aliphatic heterocycles. The lowest BCUT2D eigenvalue weighted by molar-refractivity contribution is -0.118. The van der Waals surface area contributed by atoms with E-state index in [0.29, 0.717) is 22.3 Å². The van der Waals surface area contributed by atoms with Gasteiger partial charge in [-0.15, -0.1) is 0 Å². The van der Waals surface area contributed by atoms with Gasteiger partial charge in [-0.3, -0.25) is 9.69 Å². The summed E-state index contributed by atoms with van der Waals surface area (Å²) in [6.07, 6.45) is 6.68. The van der Waals surface area contributed by atoms with Crippen LogP contribution in [0.5, 0.6) is 0 Å². The van der Waals surface area contributed by atoms with E-state index in [1.807, 2.05) is 0 Å². The van der Waals surface area contributed by atoms with Gasteiger partial charge in [0.25, 0.3) is 0 Å². The number of halogens is 2. The SMILES string of the molecule is O=C(CN1CC[C@@H]2CCCC[C@@H]2C1)Nc1ccc(Cl)cc1Cl. The zero-order valence-corrected chi connectivity index (χ0v) is 14.2. The van der Waals surface area contributed by atoms with E-state index >= 15 is 0 Å². The largest absolute Gasteiger partial charge is 0.324 e. The summed E-state index contributed by atoms with van der Waals surface area (Å²) in [7, 11) is 0. The Morgan fingerprint density at radius 1 is 1.18 bits per heavy atom. The van der Waals surface area contributed by atoms with Crippen molar-refractivity contribution in [1.29, 1.82) is 0 Å². The van der Waals surface area contributed by atoms with Gasteiger partial charge < -0.3 is 5.32 Å². The van der Waals surface area contributed by atoms with Crippen LogP contribution in [0.4, 0.5) is 5.69 Å². The van der Waals surface area contributed by atoms with Crippen molar-refractivity contribution >= 4 is 34.8 Å². The maximum atomic E-state index is 12.2. The minimum absolute atomic E-state index is 0.00141. The molecule has 2 fully saturated rings. The van der Waals surface area contributed by atoms with E-state index in [4.69, 9.17) is 23.2 Å². The van der Waals surface area contributed by atoms with E-state index < -0.39 is 0 Å². The Morgan fingerprint density at radius 2 is 1.95 bits per heavy atom. The fraction of sp³-hybridized carbons (Fsp3) is 0.588. The molecule has 2 atom stereocenters. The normalized spacial score (nSPS) is 25.5. The molecule has 0 radical (unpaired) electrons. The number of rotatable bonds is 3. The van der Waals surface area contributed by atoms with Crippen LogP contribution in [-0.4, -0.2) is 30.4 Å². The lowest BCUT2D eigenvalue weighted by Gasteiger charge is -2.41. The van der Waals surface area contributed by atoms with E-state index in [9.17, 15) is 4.79 Å². The molecule has 1 aromatic carbocycles. The number of carbonyl (C=O) groups is 1. The zero-order valence-electron chi connectivity index (χ0n) is 12.7. The second-order valence-electron chi connectivity index (χ2n) is 6.50. The Kier molecular flexibility index (Phi) is 5.27. The molecule has 1 amide bonds. The Bertz CT molecular complexity index is 549. The molecule has 1 aromatic rings. The van der Waals surface area contributed by atoms with Crippen molar-refractivity contribution in [3.8, 4) is 0 Å². The summed E-state index contributed by atoms with van der Waals surface area (Å²) in [6.45, 7) is 2.54. The first-order chi connectivity index (χ1) is 10.6. The lowest BCUT2D eigenvalue weighted by Crippen LogP contribution is -2.44. The van der Waals surface area contributed by atoms with Gasteiger partial charge in [-0.25, -0.2) is 0 Å². The number of piperidine rings is 1. The zero-order chi connectivity index (χ0) is 15.5. The summed E-state index contributed by atoms with van der Waals surface area (Å²) in [5.41, 5.74) is 0.628. The molecule has 1 saturated carbocycles. The fourth-order valence-corrected chi connectivity index (χ4v) is 4.26. The highest BCUT2D eigenvalue weighted by Crippen LogP contribution is 2.36. The van der Waals surface area contributed by atoms with Gasteiger partial charge >= 0.3 is 0 Å². The van der Waals surface area contributed by atoms with Gasteiger partial charge in [0.05, 0.1) is 17.3 Å². The van der Waals surface area contributed by atoms with Crippen molar-refractivity contribution in [3.05, 3.63) is 28.2 Å². The second kappa shape index (κ2) is 7.20. The fourth-order valence-electron chi connectivity index (χ4n) is 3.80. The van der Waals surface area contributed by atoms with Crippen molar-refractivity contribution in [2.24, 2.45) is 11.8 Å². The van der Waals surface area contributed by atoms with Gasteiger partial charge in [0, 0.05) is 11.6 Å². The number of benzene rings is 1. The molecule has 5 heteroatoms. The average molecular weight is 341 g/mol. The highest BCUT2D eigenvalue weighted by molar-refractivity contribution is 6.36. The first kappa shape index (κ1) is 16.1. The number of nitrogens with one attached hydrogen (secondary N) is 1. The monoisotopic (exact) mass is 340 g/mol. The molecule has 1 N–H and O–H groups in total. The van der Waals surface area contributed by atoms with Crippen molar-refractivity contribution in [1.82, 2.24) is 4.90 Å². The van der Waals surface area contributed by atoms with Gasteiger partial charge in [-0.2, -0.15) is 0 Å². The number of carbonyl (C=O) groups excluding carboxylic acids is 1. The van der Waals surface area contributed by atoms with Crippen LogP contribution in [0.15, 0.2) is 18.2 Å². The third-order valence-electron chi connectivity index (χ3n) is 4.95. The van der Waals surface area contributed by atoms with Crippen LogP contribution in [0.1, 0.15) is 32.1 Å². The highest BCUT2D eigenvalue weighted by Gasteiger charge is 2.31. The summed E-state index contributed by atoms with van der Waals surface area (Å²) in [5, 5.41) is 3.94. The number of amides is 1. The molecule has 2 aliphatic rings. The van der Waals surface area contributed by atoms with Crippen LogP contribution in [0.3, 0.4) is 0 Å². The molecule has 0 bridgehead atoms. The third-order valence-corrected chi connectivity index (χ3v) is 5.50. The van der Waals surface area contributed by atoms with Gasteiger partial charge in [0.2, 0.25) is 5.91 Å². The van der Waals surface area contributed by atoms with Crippen molar-refractivity contribution < 1.29 is 4.79 Å². The van der Waals surface area contributed by atoms with Crippen molar-refractivity contribution in [3.63, 3.8) is 0 Å². The summed E-state index contributed by atoms with van der Waals surface area (Å²) in [5.74, 6) is 1.67. The van der Waals surface area contributed by atoms with E-state index in [0.717, 1.165) is 24.9 Å². The molecule has 0 spiro atoms. The van der Waals surface area contributed by atoms with Crippen LogP contribution in [0.25, 0.3) is 0 Å². The van der Waals surface area contributed by atoms with Crippen LogP contribution in [0.2, 0.25) is 10.0 Å². The maximum Gasteiger partial charge on any atom is 0.238 e. The van der Waals surface area contributed by atoms with E-state index in [1.165, 1.54) is 32.1 Å². The quantitative estimate of drug-likeness (QED) is 0.881. The first-order valence-corrected chi connectivity index (χ1v) is 8.84. The number of likely N-dealkylation sites (tertiary alicyclic amines) is 1. The van der Waals surface area contributed by atoms with E-state index in [1.54, 1.807) is 18.2 Å². The average Bonchev–Trinajstić information content (AvgIpc) is 2.50. The lowest BCUT2D eigenvalue weighted by atomic mass is 9.75. The second-order valence-corrected chi connectivity index (χ2v) is 7.34. The summed E-state index contributed by atoms with van der Waals surface area (Å²) < 4.78 is 0. The van der Waals surface area contributed by atoms with Crippen molar-refractivity contribution in [2.75, 3.05) is 25.0 Å². The van der Waals surface area contributed by atoms with Crippen LogP contribution < -0.4 is 5.32 Å². The number of hydrogen-bond acceptors (Lipinski definition) is 2. The maximum absolute atomic E-state index is 12.2. The van der Waals surface area contributed by atoms with Gasteiger partial charge in [0.15, 0.2) is 0 Å². The molecular weight excluding hydrogens is 319 g/mol. The summed E-state index contributed by atoms with van der Waals surface area (Å²) >= 11 is 12.0. The van der Waals surface area contributed by atoms with Gasteiger partial charge in [-0.1, -0.05) is 42.5 Å². The minimum Gasteiger partial charge on any atom is -0.324 e. The predicted molar refractivity (Wildman–Crippen MR) is 91.6 cm³/mol. The molecule has 0 unspecified atom stereocenters. The first-order valence-electron chi connectivity index (χ1n) is 8.09. The molecule has 22 heavy (non-hydrogen) atoms. The van der Waals surface area contributed by atoms with Gasteiger partial charge in [-0.05, 0) is 49.4 Å². The molecule has 1 aliphatic carbocycles. The molecule has 3 nitrogen and oxygen atoms in total. The molecule has 1 saturated heterocycles. The smallest absolute Gasteiger partial charge is 0.238 e. The van der Waals surface area contributed by atoms with E-state index in [-0.39, 0.29) is 5.91 Å². The summed E-state index contributed by atoms with van der Waals surface area (Å²) in [4.78, 5) is 14.5. The summed E-state index contributed by atoms with van der Waals surface area (Å²) in [6, 6.07) is 5.12. The number of hydrogen-bond donors (Lipinski definition) is 1. The van der Waals surface area contributed by atoms with Crippen LogP contribution in [-0.2, 0) is 4.79 Å². The van der Waals surface area contributed by atoms with Crippen molar-refractivity contribution in [2.45, 2.75) is 32.1 Å². The Labute approximate surface area is 142 Å². The Morgan fingerprint density at radius 3 is 2.73 bits per heavy atom. The molecule has 120 valence electrons. The molecule has 0 aromatic heterocycles. The highest BCUT2D eigenvalue weighted by atomic mass is 35.5. The Balaban J connectivity index is 1.53. The molecule has 1 heterocycles. The molecular formula is C17H22Cl2N2O. The number of nitrogens with zero attached hydrogens (tertiary/aromatic N) is 1. The number of anilines is 1. The predicted octanol–water partition coefficient (Wildman–Crippen LogP) is 4.44. The minimum atomic E-state index is -0.00141. The number of fused-ring (bicyclic) bond motifs is 1. The van der Waals surface area contributed by atoms with Crippen LogP contribution in [0, 0.1) is 11.8 Å². The van der Waals surface area contributed by atoms with E-state index in [2.05, 4.69) is 10.2 Å². The van der Waals surface area contributed by atoms with Gasteiger partial charge in [0.1, 0.15) is 0 Å². The van der Waals surface area contributed by atoms with Crippen LogP contribution >= 0.6 is 23.2 Å². The topological polar surface area (TPSA) is 32.3 Å². The molecule has 3 rings (SSSR count).